The van der Waals surface area contributed by atoms with Crippen LogP contribution in [0.5, 0.6) is 0 Å². The third-order valence-corrected chi connectivity index (χ3v) is 2.92. The Morgan fingerprint density at radius 1 is 1.07 bits per heavy atom. The number of nitrogens with zero attached hydrogens (tertiary/aromatic N) is 1. The molecule has 2 fully saturated rings. The van der Waals surface area contributed by atoms with Crippen LogP contribution in [0.25, 0.3) is 0 Å². The summed E-state index contributed by atoms with van der Waals surface area (Å²) in [6, 6.07) is -0.122. The summed E-state index contributed by atoms with van der Waals surface area (Å²) in [6.07, 6.45) is 2.57. The number of hydrogen-bond acceptors (Lipinski definition) is 3. The molecule has 3 amide bonds. The molecule has 0 aliphatic carbocycles. The lowest BCUT2D eigenvalue weighted by Crippen LogP contribution is -2.54. The van der Waals surface area contributed by atoms with E-state index in [0.717, 1.165) is 0 Å². The van der Waals surface area contributed by atoms with Crippen LogP contribution in [-0.4, -0.2) is 35.2 Å². The van der Waals surface area contributed by atoms with Crippen LogP contribution < -0.4 is 5.32 Å². The molecule has 0 spiro atoms. The third-order valence-electron chi connectivity index (χ3n) is 2.92. The van der Waals surface area contributed by atoms with Gasteiger partial charge >= 0.3 is 0 Å². The van der Waals surface area contributed by atoms with Gasteiger partial charge in [-0.3, -0.25) is 19.3 Å². The van der Waals surface area contributed by atoms with Crippen LogP contribution >= 0.6 is 0 Å². The quantitative estimate of drug-likeness (QED) is 0.610. The minimum atomic E-state index is -0.122. The zero-order chi connectivity index (χ0) is 10.8. The van der Waals surface area contributed by atoms with E-state index in [2.05, 4.69) is 5.32 Å². The van der Waals surface area contributed by atoms with E-state index < -0.39 is 0 Å². The Bertz CT molecular complexity index is 288. The fraction of sp³-hybridized carbons (Fsp3) is 0.700. The van der Waals surface area contributed by atoms with Crippen LogP contribution in [0, 0.1) is 0 Å². The molecular formula is C10H14N2O3. The maximum absolute atomic E-state index is 11.6. The van der Waals surface area contributed by atoms with E-state index in [0.29, 0.717) is 38.6 Å². The van der Waals surface area contributed by atoms with Crippen LogP contribution in [0.15, 0.2) is 0 Å². The molecule has 0 aromatic heterocycles. The number of piperidine rings is 2. The molecular weight excluding hydrogens is 196 g/mol. The van der Waals surface area contributed by atoms with E-state index in [1.54, 1.807) is 0 Å². The Hall–Kier alpha value is -1.39. The van der Waals surface area contributed by atoms with Crippen molar-refractivity contribution < 1.29 is 14.4 Å². The molecule has 0 saturated carbocycles. The molecule has 0 aromatic carbocycles. The third kappa shape index (κ3) is 2.00. The first kappa shape index (κ1) is 10.1. The van der Waals surface area contributed by atoms with Crippen molar-refractivity contribution >= 4 is 17.7 Å². The second-order valence-corrected chi connectivity index (χ2v) is 4.01. The second kappa shape index (κ2) is 4.00. The zero-order valence-electron chi connectivity index (χ0n) is 8.49. The van der Waals surface area contributed by atoms with Crippen molar-refractivity contribution in [2.75, 3.05) is 6.54 Å². The highest BCUT2D eigenvalue weighted by atomic mass is 16.2. The Labute approximate surface area is 87.8 Å². The summed E-state index contributed by atoms with van der Waals surface area (Å²) in [6.45, 7) is 0.413. The minimum Gasteiger partial charge on any atom is -0.354 e. The summed E-state index contributed by atoms with van der Waals surface area (Å²) in [5, 5.41) is 2.69. The molecule has 5 nitrogen and oxygen atoms in total. The number of hydrogen-bond donors (Lipinski definition) is 1. The first-order chi connectivity index (χ1) is 7.18. The highest BCUT2D eigenvalue weighted by Crippen LogP contribution is 2.19. The lowest BCUT2D eigenvalue weighted by Gasteiger charge is -2.35. The van der Waals surface area contributed by atoms with Gasteiger partial charge in [0.05, 0.1) is 6.04 Å². The highest BCUT2D eigenvalue weighted by molar-refractivity contribution is 5.98. The number of carbonyl (C=O) groups excluding carboxylic acids is 3. The minimum absolute atomic E-state index is 0.00292. The van der Waals surface area contributed by atoms with Gasteiger partial charge in [0.25, 0.3) is 0 Å². The monoisotopic (exact) mass is 210 g/mol. The van der Waals surface area contributed by atoms with E-state index >= 15 is 0 Å². The molecule has 2 aliphatic heterocycles. The van der Waals surface area contributed by atoms with Gasteiger partial charge in [0.1, 0.15) is 0 Å². The van der Waals surface area contributed by atoms with Gasteiger partial charge in [-0.25, -0.2) is 0 Å². The topological polar surface area (TPSA) is 66.5 Å². The summed E-state index contributed by atoms with van der Waals surface area (Å²) in [7, 11) is 0. The van der Waals surface area contributed by atoms with E-state index in [1.165, 1.54) is 4.90 Å². The number of amides is 3. The number of nitrogens with one attached hydrogen (secondary N) is 1. The van der Waals surface area contributed by atoms with Crippen molar-refractivity contribution in [2.24, 2.45) is 0 Å². The van der Waals surface area contributed by atoms with Crippen LogP contribution in [0.3, 0.4) is 0 Å². The van der Waals surface area contributed by atoms with Gasteiger partial charge in [-0.2, -0.15) is 0 Å². The van der Waals surface area contributed by atoms with Gasteiger partial charge in [-0.05, 0) is 12.8 Å². The van der Waals surface area contributed by atoms with Gasteiger partial charge in [-0.15, -0.1) is 0 Å². The van der Waals surface area contributed by atoms with Gasteiger partial charge in [0.2, 0.25) is 17.7 Å². The number of rotatable bonds is 1. The molecule has 15 heavy (non-hydrogen) atoms. The fourth-order valence-corrected chi connectivity index (χ4v) is 2.12. The molecule has 1 N–H and O–H groups in total. The van der Waals surface area contributed by atoms with Gasteiger partial charge in [0, 0.05) is 25.8 Å². The molecule has 2 aliphatic rings. The fourth-order valence-electron chi connectivity index (χ4n) is 2.12. The Balaban J connectivity index is 2.04. The van der Waals surface area contributed by atoms with Crippen LogP contribution in [0.2, 0.25) is 0 Å². The highest BCUT2D eigenvalue weighted by Gasteiger charge is 2.34. The van der Waals surface area contributed by atoms with Gasteiger partial charge in [-0.1, -0.05) is 0 Å². The first-order valence-corrected chi connectivity index (χ1v) is 5.30. The molecule has 2 saturated heterocycles. The smallest absolute Gasteiger partial charge is 0.229 e. The molecule has 1 atom stereocenters. The Kier molecular flexibility index (Phi) is 2.70. The average molecular weight is 210 g/mol. The van der Waals surface area contributed by atoms with Crippen LogP contribution in [-0.2, 0) is 14.4 Å². The van der Waals surface area contributed by atoms with Crippen LogP contribution in [0.1, 0.15) is 32.1 Å². The SMILES string of the molecule is O=C1CCC(N2C(=O)CCCC2=O)CN1. The average Bonchev–Trinajstić information content (AvgIpc) is 2.20. The predicted molar refractivity (Wildman–Crippen MR) is 51.7 cm³/mol. The van der Waals surface area contributed by atoms with Crippen molar-refractivity contribution in [3.63, 3.8) is 0 Å². The standard InChI is InChI=1S/C10H14N2O3/c13-8-5-4-7(6-11-8)12-9(14)2-1-3-10(12)15/h7H,1-6H2,(H,11,13). The van der Waals surface area contributed by atoms with E-state index in [9.17, 15) is 14.4 Å². The lowest BCUT2D eigenvalue weighted by atomic mass is 10.0. The summed E-state index contributed by atoms with van der Waals surface area (Å²) in [5.41, 5.74) is 0. The molecule has 0 aromatic rings. The van der Waals surface area contributed by atoms with Crippen molar-refractivity contribution in [2.45, 2.75) is 38.1 Å². The summed E-state index contributed by atoms with van der Waals surface area (Å²) < 4.78 is 0. The maximum atomic E-state index is 11.6. The molecule has 0 bridgehead atoms. The van der Waals surface area contributed by atoms with E-state index in [4.69, 9.17) is 0 Å². The number of imide groups is 1. The molecule has 0 radical (unpaired) electrons. The summed E-state index contributed by atoms with van der Waals surface area (Å²) in [5.74, 6) is -0.178. The van der Waals surface area contributed by atoms with Crippen molar-refractivity contribution in [1.82, 2.24) is 10.2 Å². The Morgan fingerprint density at radius 3 is 2.27 bits per heavy atom. The molecule has 2 heterocycles. The number of likely N-dealkylation sites (tertiary alicyclic amines) is 1. The van der Waals surface area contributed by atoms with Gasteiger partial charge < -0.3 is 5.32 Å². The summed E-state index contributed by atoms with van der Waals surface area (Å²) in [4.78, 5) is 35.5. The van der Waals surface area contributed by atoms with Crippen molar-refractivity contribution in [1.29, 1.82) is 0 Å². The molecule has 5 heteroatoms. The first-order valence-electron chi connectivity index (χ1n) is 5.30. The van der Waals surface area contributed by atoms with E-state index in [-0.39, 0.29) is 23.8 Å². The Morgan fingerprint density at radius 2 is 1.73 bits per heavy atom. The predicted octanol–water partition coefficient (Wildman–Crippen LogP) is -0.196. The summed E-state index contributed by atoms with van der Waals surface area (Å²) >= 11 is 0. The van der Waals surface area contributed by atoms with Gasteiger partial charge in [0.15, 0.2) is 0 Å². The molecule has 1 unspecified atom stereocenters. The molecule has 82 valence electrons. The number of carbonyl (C=O) groups is 3. The van der Waals surface area contributed by atoms with Crippen LogP contribution in [0.4, 0.5) is 0 Å². The maximum Gasteiger partial charge on any atom is 0.229 e. The zero-order valence-corrected chi connectivity index (χ0v) is 8.49. The van der Waals surface area contributed by atoms with E-state index in [1.807, 2.05) is 0 Å². The second-order valence-electron chi connectivity index (χ2n) is 4.01. The normalized spacial score (nSPS) is 27.9. The van der Waals surface area contributed by atoms with Crippen molar-refractivity contribution in [3.8, 4) is 0 Å². The lowest BCUT2D eigenvalue weighted by molar-refractivity contribution is -0.152. The largest absolute Gasteiger partial charge is 0.354 e. The van der Waals surface area contributed by atoms with Crippen molar-refractivity contribution in [3.05, 3.63) is 0 Å². The molecule has 2 rings (SSSR count).